The Hall–Kier alpha value is -2.04. The minimum atomic E-state index is 0. The molecule has 0 unspecified atom stereocenters. The van der Waals surface area contributed by atoms with Gasteiger partial charge in [-0.25, -0.2) is 0 Å². The Bertz CT molecular complexity index is 1000. The molecule has 0 fully saturated rings. The van der Waals surface area contributed by atoms with Crippen molar-refractivity contribution >= 4 is 61.0 Å². The van der Waals surface area contributed by atoms with Gasteiger partial charge in [0.25, 0.3) is 0 Å². The molecule has 0 heterocycles. The zero-order valence-electron chi connectivity index (χ0n) is 11.4. The topological polar surface area (TPSA) is 0 Å². The van der Waals surface area contributed by atoms with Crippen LogP contribution in [0.15, 0.2) is 72.8 Å². The molecule has 5 aromatic carbocycles. The van der Waals surface area contributed by atoms with Crippen molar-refractivity contribution in [3.63, 3.8) is 0 Å². The molecule has 0 amide bonds. The Morgan fingerprint density at radius 2 is 0.810 bits per heavy atom. The normalized spacial score (nSPS) is 11.4. The summed E-state index contributed by atoms with van der Waals surface area (Å²) in [7, 11) is 0. The molecule has 21 heavy (non-hydrogen) atoms. The van der Waals surface area contributed by atoms with Crippen molar-refractivity contribution < 1.29 is 0 Å². The fourth-order valence-electron chi connectivity index (χ4n) is 3.56. The number of hydrogen-bond acceptors (Lipinski definition) is 0. The zero-order valence-corrected chi connectivity index (χ0v) is 13.3. The summed E-state index contributed by atoms with van der Waals surface area (Å²) in [5.74, 6) is 0. The van der Waals surface area contributed by atoms with Crippen LogP contribution in [0.3, 0.4) is 0 Å². The molecule has 0 spiro atoms. The van der Waals surface area contributed by atoms with Gasteiger partial charge in [0.1, 0.15) is 0 Å². The molecule has 0 atom stereocenters. The number of benzene rings is 5. The van der Waals surface area contributed by atoms with Crippen molar-refractivity contribution in [2.24, 2.45) is 0 Å². The van der Waals surface area contributed by atoms with Crippen LogP contribution in [0.4, 0.5) is 0 Å². The van der Waals surface area contributed by atoms with Crippen molar-refractivity contribution in [3.05, 3.63) is 72.8 Å². The van der Waals surface area contributed by atoms with E-state index in [1.54, 1.807) is 0 Å². The van der Waals surface area contributed by atoms with Crippen LogP contribution in [-0.4, -0.2) is 18.0 Å². The van der Waals surface area contributed by atoms with Crippen molar-refractivity contribution in [2.75, 3.05) is 0 Å². The van der Waals surface area contributed by atoms with Gasteiger partial charge in [-0.15, -0.1) is 0 Å². The van der Waals surface area contributed by atoms with Gasteiger partial charge in [-0.3, -0.25) is 0 Å². The Morgan fingerprint density at radius 3 is 1.29 bits per heavy atom. The minimum Gasteiger partial charge on any atom is -0.0616 e. The van der Waals surface area contributed by atoms with Crippen LogP contribution in [0.1, 0.15) is 0 Å². The molecule has 0 aromatic heterocycles. The van der Waals surface area contributed by atoms with Gasteiger partial charge < -0.3 is 0 Å². The molecule has 5 rings (SSSR count). The van der Waals surface area contributed by atoms with Crippen molar-refractivity contribution in [2.45, 2.75) is 0 Å². The van der Waals surface area contributed by atoms with Crippen molar-refractivity contribution in [1.29, 1.82) is 0 Å². The first-order valence-electron chi connectivity index (χ1n) is 6.98. The van der Waals surface area contributed by atoms with Crippen molar-refractivity contribution in [1.82, 2.24) is 0 Å². The maximum atomic E-state index is 2.25. The number of hydrogen-bond donors (Lipinski definition) is 0. The molecule has 0 bridgehead atoms. The summed E-state index contributed by atoms with van der Waals surface area (Å²) in [5.41, 5.74) is 0. The second kappa shape index (κ2) is 4.48. The smallest absolute Gasteiger partial charge is 0 e. The van der Waals surface area contributed by atoms with Crippen LogP contribution >= 0.6 is 0 Å². The Kier molecular flexibility index (Phi) is 2.70. The zero-order chi connectivity index (χ0) is 13.1. The Balaban J connectivity index is 0.00000115. The molecule has 97 valence electrons. The van der Waals surface area contributed by atoms with Crippen LogP contribution in [-0.2, 0) is 0 Å². The van der Waals surface area contributed by atoms with E-state index in [0.717, 1.165) is 0 Å². The van der Waals surface area contributed by atoms with E-state index in [9.17, 15) is 0 Å². The third-order valence-electron chi connectivity index (χ3n) is 4.39. The van der Waals surface area contributed by atoms with Gasteiger partial charge in [-0.2, -0.15) is 0 Å². The summed E-state index contributed by atoms with van der Waals surface area (Å²) in [6.07, 6.45) is 0. The molecule has 1 heteroatoms. The molecule has 0 nitrogen and oxygen atoms in total. The Morgan fingerprint density at radius 1 is 0.381 bits per heavy atom. The molecule has 0 N–H and O–H groups in total. The van der Waals surface area contributed by atoms with Crippen LogP contribution < -0.4 is 0 Å². The predicted molar refractivity (Wildman–Crippen MR) is 93.4 cm³/mol. The van der Waals surface area contributed by atoms with Gasteiger partial charge in [0.15, 0.2) is 0 Å². The third-order valence-corrected chi connectivity index (χ3v) is 4.39. The van der Waals surface area contributed by atoms with Gasteiger partial charge in [0.2, 0.25) is 0 Å². The fourth-order valence-corrected chi connectivity index (χ4v) is 3.56. The van der Waals surface area contributed by atoms with Crippen molar-refractivity contribution in [3.8, 4) is 0 Å². The molecule has 0 aliphatic heterocycles. The maximum absolute atomic E-state index is 2.25. The second-order valence-electron chi connectivity index (χ2n) is 5.42. The van der Waals surface area contributed by atoms with Crippen LogP contribution in [0.5, 0.6) is 0 Å². The van der Waals surface area contributed by atoms with Crippen LogP contribution in [0.2, 0.25) is 0 Å². The standard InChI is InChI=1S/C20H12.As/c1-2-8-16-15(7-1)17-9-3-5-13-11-12-14-6-4-10-18(16)20(14)19(13)17;/h1-12H;. The molecular formula is C20H12As. The predicted octanol–water partition coefficient (Wildman–Crippen LogP) is 5.36. The minimum absolute atomic E-state index is 0. The maximum Gasteiger partial charge on any atom is 0 e. The molecular weight excluding hydrogens is 315 g/mol. The summed E-state index contributed by atoms with van der Waals surface area (Å²) in [6, 6.07) is 26.4. The van der Waals surface area contributed by atoms with E-state index in [0.29, 0.717) is 0 Å². The Labute approximate surface area is 134 Å². The summed E-state index contributed by atoms with van der Waals surface area (Å²) in [6.45, 7) is 0. The second-order valence-corrected chi connectivity index (χ2v) is 5.42. The van der Waals surface area contributed by atoms with Gasteiger partial charge in [0, 0.05) is 18.0 Å². The van der Waals surface area contributed by atoms with Gasteiger partial charge >= 0.3 is 0 Å². The molecule has 0 aliphatic carbocycles. The van der Waals surface area contributed by atoms with E-state index >= 15 is 0 Å². The molecule has 3 radical (unpaired) electrons. The summed E-state index contributed by atoms with van der Waals surface area (Å²) in [4.78, 5) is 0. The molecule has 5 aromatic rings. The average Bonchev–Trinajstić information content (AvgIpc) is 2.53. The monoisotopic (exact) mass is 327 g/mol. The van der Waals surface area contributed by atoms with Gasteiger partial charge in [0.05, 0.1) is 0 Å². The third kappa shape index (κ3) is 1.57. The van der Waals surface area contributed by atoms with Crippen LogP contribution in [0, 0.1) is 0 Å². The summed E-state index contributed by atoms with van der Waals surface area (Å²) in [5, 5.41) is 10.9. The van der Waals surface area contributed by atoms with E-state index in [2.05, 4.69) is 72.8 Å². The van der Waals surface area contributed by atoms with Gasteiger partial charge in [-0.1, -0.05) is 72.8 Å². The first-order chi connectivity index (χ1) is 9.93. The first kappa shape index (κ1) is 12.7. The van der Waals surface area contributed by atoms with E-state index in [-0.39, 0.29) is 18.0 Å². The van der Waals surface area contributed by atoms with E-state index in [4.69, 9.17) is 0 Å². The van der Waals surface area contributed by atoms with Crippen LogP contribution in [0.25, 0.3) is 43.1 Å². The molecule has 0 saturated heterocycles. The average molecular weight is 327 g/mol. The van der Waals surface area contributed by atoms with Gasteiger partial charge in [-0.05, 0) is 43.1 Å². The van der Waals surface area contributed by atoms with E-state index in [1.807, 2.05) is 0 Å². The molecule has 0 saturated carbocycles. The summed E-state index contributed by atoms with van der Waals surface area (Å²) < 4.78 is 0. The van der Waals surface area contributed by atoms with E-state index in [1.165, 1.54) is 43.1 Å². The molecule has 0 aliphatic rings. The largest absolute Gasteiger partial charge is 0.0616 e. The SMILES string of the molecule is [As].c1ccc2c(c1)c1cccc3ccc4cccc2c4c31. The number of fused-ring (bicyclic) bond motifs is 3. The number of rotatable bonds is 0. The summed E-state index contributed by atoms with van der Waals surface area (Å²) >= 11 is 0. The first-order valence-corrected chi connectivity index (χ1v) is 6.98. The fraction of sp³-hybridized carbons (Fsp3) is 0. The quantitative estimate of drug-likeness (QED) is 0.204. The van der Waals surface area contributed by atoms with E-state index < -0.39 is 0 Å².